The molecule has 136 valence electrons. The van der Waals surface area contributed by atoms with Gasteiger partial charge in [-0.3, -0.25) is 4.90 Å². The molecule has 1 aromatic carbocycles. The number of benzene rings is 1. The van der Waals surface area contributed by atoms with Crippen molar-refractivity contribution in [2.45, 2.75) is 26.8 Å². The summed E-state index contributed by atoms with van der Waals surface area (Å²) in [6.07, 6.45) is 0. The van der Waals surface area contributed by atoms with Crippen molar-refractivity contribution in [3.63, 3.8) is 0 Å². The molecular weight excluding hydrogens is 318 g/mol. The van der Waals surface area contributed by atoms with E-state index < -0.39 is 6.04 Å². The third-order valence-electron chi connectivity index (χ3n) is 4.62. The average Bonchev–Trinajstić information content (AvgIpc) is 2.63. The Labute approximate surface area is 149 Å². The Morgan fingerprint density at radius 3 is 2.40 bits per heavy atom. The number of ether oxygens (including phenoxy) is 1. The van der Waals surface area contributed by atoms with E-state index in [-0.39, 0.29) is 12.0 Å². The zero-order chi connectivity index (χ0) is 18.4. The molecule has 1 heterocycles. The number of nitrogens with zero attached hydrogens (tertiary/aromatic N) is 1. The van der Waals surface area contributed by atoms with Crippen LogP contribution in [0.15, 0.2) is 41.6 Å². The molecule has 1 aliphatic rings. The minimum Gasteiger partial charge on any atom is -0.463 e. The van der Waals surface area contributed by atoms with Crippen molar-refractivity contribution in [3.8, 4) is 0 Å². The van der Waals surface area contributed by atoms with Gasteiger partial charge in [0.15, 0.2) is 0 Å². The van der Waals surface area contributed by atoms with Crippen LogP contribution in [0.4, 0.5) is 4.79 Å². The van der Waals surface area contributed by atoms with Gasteiger partial charge in [-0.05, 0) is 26.3 Å². The van der Waals surface area contributed by atoms with Crippen molar-refractivity contribution in [1.82, 2.24) is 10.2 Å². The van der Waals surface area contributed by atoms with Gasteiger partial charge < -0.3 is 15.0 Å². The summed E-state index contributed by atoms with van der Waals surface area (Å²) in [6, 6.07) is 8.84. The lowest BCUT2D eigenvalue weighted by atomic mass is 9.94. The molecule has 25 heavy (non-hydrogen) atoms. The van der Waals surface area contributed by atoms with Crippen LogP contribution in [-0.4, -0.2) is 50.2 Å². The number of likely N-dealkylation sites (N-methyl/N-ethyl adjacent to an activating group) is 2. The minimum absolute atomic E-state index is 0.205. The van der Waals surface area contributed by atoms with Gasteiger partial charge in [0.2, 0.25) is 0 Å². The Morgan fingerprint density at radius 2 is 1.84 bits per heavy atom. The maximum Gasteiger partial charge on any atom is 0.338 e. The number of amides is 2. The molecule has 0 radical (unpaired) electrons. The molecule has 0 bridgehead atoms. The van der Waals surface area contributed by atoms with Gasteiger partial charge in [0, 0.05) is 7.05 Å². The minimum atomic E-state index is -0.492. The van der Waals surface area contributed by atoms with Crippen LogP contribution in [0.2, 0.25) is 0 Å². The van der Waals surface area contributed by atoms with Crippen LogP contribution < -0.4 is 10.2 Å². The van der Waals surface area contributed by atoms with Gasteiger partial charge in [0.1, 0.15) is 6.54 Å². The predicted molar refractivity (Wildman–Crippen MR) is 96.0 cm³/mol. The topological polar surface area (TPSA) is 63.1 Å². The summed E-state index contributed by atoms with van der Waals surface area (Å²) in [5.41, 5.74) is 2.13. The summed E-state index contributed by atoms with van der Waals surface area (Å²) in [4.78, 5) is 28.1. The summed E-state index contributed by atoms with van der Waals surface area (Å²) in [5, 5.41) is 2.93. The van der Waals surface area contributed by atoms with Gasteiger partial charge in [-0.25, -0.2) is 9.59 Å². The molecule has 0 spiro atoms. The number of hydrogen-bond donors (Lipinski definition) is 2. The quantitative estimate of drug-likeness (QED) is 0.728. The Kier molecular flexibility index (Phi) is 6.58. The zero-order valence-electron chi connectivity index (χ0n) is 15.5. The largest absolute Gasteiger partial charge is 0.463 e. The molecule has 0 saturated carbocycles. The molecule has 2 rings (SSSR count). The molecule has 1 unspecified atom stereocenters. The van der Waals surface area contributed by atoms with Crippen LogP contribution in [-0.2, 0) is 9.53 Å². The van der Waals surface area contributed by atoms with Crippen molar-refractivity contribution >= 4 is 12.0 Å². The molecule has 6 nitrogen and oxygen atoms in total. The van der Waals surface area contributed by atoms with Crippen LogP contribution in [0.5, 0.6) is 0 Å². The zero-order valence-corrected chi connectivity index (χ0v) is 15.5. The number of quaternary nitrogens is 1. The van der Waals surface area contributed by atoms with Crippen LogP contribution in [0.3, 0.4) is 0 Å². The van der Waals surface area contributed by atoms with E-state index in [9.17, 15) is 9.59 Å². The van der Waals surface area contributed by atoms with E-state index in [1.54, 1.807) is 14.0 Å². The Bertz CT molecular complexity index is 639. The molecule has 1 aromatic rings. The summed E-state index contributed by atoms with van der Waals surface area (Å²) in [6.45, 7) is 8.73. The van der Waals surface area contributed by atoms with Gasteiger partial charge in [-0.2, -0.15) is 0 Å². The molecule has 2 N–H and O–H groups in total. The first-order valence-electron chi connectivity index (χ1n) is 8.86. The van der Waals surface area contributed by atoms with E-state index in [1.807, 2.05) is 30.3 Å². The number of carbonyl (C=O) groups excluding carboxylic acids is 2. The summed E-state index contributed by atoms with van der Waals surface area (Å²) < 4.78 is 5.31. The van der Waals surface area contributed by atoms with Crippen molar-refractivity contribution < 1.29 is 19.2 Å². The fourth-order valence-electron chi connectivity index (χ4n) is 3.05. The average molecular weight is 346 g/mol. The fourth-order valence-corrected chi connectivity index (χ4v) is 3.05. The number of esters is 1. The van der Waals surface area contributed by atoms with Crippen molar-refractivity contribution in [1.29, 1.82) is 0 Å². The van der Waals surface area contributed by atoms with Crippen molar-refractivity contribution in [2.75, 3.05) is 33.3 Å². The molecule has 0 aliphatic carbocycles. The highest BCUT2D eigenvalue weighted by Crippen LogP contribution is 2.30. The first kappa shape index (κ1) is 19.0. The van der Waals surface area contributed by atoms with Gasteiger partial charge in [0.25, 0.3) is 0 Å². The first-order valence-corrected chi connectivity index (χ1v) is 8.86. The Balaban J connectivity index is 2.55. The SMILES string of the molecule is CCOC(=O)C1=C(C[NH+](CC)CC)N(C)C(=O)NC1c1ccccc1. The number of rotatable bonds is 7. The predicted octanol–water partition coefficient (Wildman–Crippen LogP) is 1.12. The smallest absolute Gasteiger partial charge is 0.338 e. The lowest BCUT2D eigenvalue weighted by molar-refractivity contribution is -0.892. The Morgan fingerprint density at radius 1 is 1.20 bits per heavy atom. The number of hydrogen-bond acceptors (Lipinski definition) is 3. The maximum absolute atomic E-state index is 12.7. The van der Waals surface area contributed by atoms with Crippen LogP contribution in [0.25, 0.3) is 0 Å². The van der Waals surface area contributed by atoms with E-state index in [0.29, 0.717) is 18.7 Å². The number of carbonyl (C=O) groups is 2. The van der Waals surface area contributed by atoms with Crippen LogP contribution in [0, 0.1) is 0 Å². The summed E-state index contributed by atoms with van der Waals surface area (Å²) in [7, 11) is 1.70. The highest BCUT2D eigenvalue weighted by atomic mass is 16.5. The lowest BCUT2D eigenvalue weighted by Gasteiger charge is -2.35. The number of nitrogens with one attached hydrogen (secondary N) is 2. The third kappa shape index (κ3) is 4.20. The third-order valence-corrected chi connectivity index (χ3v) is 4.62. The van der Waals surface area contributed by atoms with Gasteiger partial charge >= 0.3 is 12.0 Å². The summed E-state index contributed by atoms with van der Waals surface area (Å²) in [5.74, 6) is -0.371. The highest BCUT2D eigenvalue weighted by Gasteiger charge is 2.37. The molecular formula is C19H28N3O3+. The molecule has 2 amide bonds. The first-order chi connectivity index (χ1) is 12.0. The second-order valence-corrected chi connectivity index (χ2v) is 6.07. The van der Waals surface area contributed by atoms with E-state index >= 15 is 0 Å². The highest BCUT2D eigenvalue weighted by molar-refractivity contribution is 5.95. The second-order valence-electron chi connectivity index (χ2n) is 6.07. The molecule has 1 atom stereocenters. The van der Waals surface area contributed by atoms with Crippen LogP contribution >= 0.6 is 0 Å². The van der Waals surface area contributed by atoms with Gasteiger partial charge in [-0.1, -0.05) is 30.3 Å². The lowest BCUT2D eigenvalue weighted by Crippen LogP contribution is -3.11. The van der Waals surface area contributed by atoms with E-state index in [0.717, 1.165) is 24.4 Å². The van der Waals surface area contributed by atoms with Gasteiger partial charge in [-0.15, -0.1) is 0 Å². The normalized spacial score (nSPS) is 17.7. The second kappa shape index (κ2) is 8.67. The molecule has 6 heteroatoms. The standard InChI is InChI=1S/C19H27N3O3/c1-5-22(6-2)13-15-16(18(23)25-7-3)17(20-19(24)21(15)4)14-11-9-8-10-12-14/h8-12,17H,5-7,13H2,1-4H3,(H,20,24)/p+1. The number of urea groups is 1. The van der Waals surface area contributed by atoms with Crippen molar-refractivity contribution in [2.24, 2.45) is 0 Å². The van der Waals surface area contributed by atoms with E-state index in [1.165, 1.54) is 9.80 Å². The Hall–Kier alpha value is -2.34. The molecule has 0 saturated heterocycles. The van der Waals surface area contributed by atoms with E-state index in [4.69, 9.17) is 4.74 Å². The summed E-state index contributed by atoms with van der Waals surface area (Å²) >= 11 is 0. The fraction of sp³-hybridized carbons (Fsp3) is 0.474. The molecule has 1 aliphatic heterocycles. The molecule has 0 aromatic heterocycles. The van der Waals surface area contributed by atoms with Gasteiger partial charge in [0.05, 0.1) is 37.0 Å². The molecule has 0 fully saturated rings. The van der Waals surface area contributed by atoms with E-state index in [2.05, 4.69) is 19.2 Å². The van der Waals surface area contributed by atoms with Crippen molar-refractivity contribution in [3.05, 3.63) is 47.2 Å². The maximum atomic E-state index is 12.7. The van der Waals surface area contributed by atoms with Crippen LogP contribution in [0.1, 0.15) is 32.4 Å². The monoisotopic (exact) mass is 346 g/mol.